The number of nitrogens with zero attached hydrogens (tertiary/aromatic N) is 2. The predicted octanol–water partition coefficient (Wildman–Crippen LogP) is 2.85. The highest BCUT2D eigenvalue weighted by molar-refractivity contribution is 4.68. The topological polar surface area (TPSA) is 16.8 Å². The van der Waals surface area contributed by atoms with E-state index in [2.05, 4.69) is 22.7 Å². The minimum atomic E-state index is 0. The standard InChI is InChI=1S/C20H37N2.FH/c1-2-3-4-5-6-7-8-9-10-11-12-13-14-15-18-22-19-16-17-21-20-22;/h16-17,19-20H,2-15,18H2,1H3;1H/q+1;/p-1. The maximum absolute atomic E-state index is 4.13. The van der Waals surface area contributed by atoms with Crippen LogP contribution in [-0.2, 0) is 6.54 Å². The quantitative estimate of drug-likeness (QED) is 0.358. The van der Waals surface area contributed by atoms with Crippen molar-refractivity contribution in [3.8, 4) is 0 Å². The minimum Gasteiger partial charge on any atom is -1.00 e. The molecule has 0 saturated carbocycles. The molecule has 0 atom stereocenters. The summed E-state index contributed by atoms with van der Waals surface area (Å²) in [5, 5.41) is 0. The molecular weight excluding hydrogens is 287 g/mol. The molecule has 1 aromatic heterocycles. The Morgan fingerprint density at radius 3 is 1.61 bits per heavy atom. The van der Waals surface area contributed by atoms with E-state index in [1.54, 1.807) is 0 Å². The van der Waals surface area contributed by atoms with Crippen LogP contribution in [0, 0.1) is 0 Å². The summed E-state index contributed by atoms with van der Waals surface area (Å²) in [5.41, 5.74) is 0. The molecule has 0 spiro atoms. The number of halogens is 1. The molecule has 0 aliphatic carbocycles. The molecule has 0 bridgehead atoms. The molecule has 0 aliphatic rings. The Labute approximate surface area is 143 Å². The average molecular weight is 325 g/mol. The summed E-state index contributed by atoms with van der Waals surface area (Å²) in [5.74, 6) is 0. The van der Waals surface area contributed by atoms with Crippen LogP contribution < -0.4 is 9.27 Å². The molecule has 0 radical (unpaired) electrons. The Kier molecular flexibility index (Phi) is 16.6. The molecule has 1 rings (SSSR count). The van der Waals surface area contributed by atoms with Crippen LogP contribution >= 0.6 is 0 Å². The number of hydrogen-bond acceptors (Lipinski definition) is 1. The molecule has 0 unspecified atom stereocenters. The van der Waals surface area contributed by atoms with Crippen molar-refractivity contribution in [1.29, 1.82) is 0 Å². The van der Waals surface area contributed by atoms with Gasteiger partial charge in [-0.1, -0.05) is 89.0 Å². The van der Waals surface area contributed by atoms with Crippen molar-refractivity contribution >= 4 is 0 Å². The third-order valence-corrected chi connectivity index (χ3v) is 4.43. The van der Waals surface area contributed by atoms with Crippen LogP contribution in [-0.4, -0.2) is 4.98 Å². The van der Waals surface area contributed by atoms with Crippen LogP contribution in [0.3, 0.4) is 0 Å². The van der Waals surface area contributed by atoms with E-state index in [0.717, 1.165) is 6.54 Å². The van der Waals surface area contributed by atoms with E-state index in [1.807, 2.05) is 18.6 Å². The highest BCUT2D eigenvalue weighted by Crippen LogP contribution is 2.12. The molecule has 0 fully saturated rings. The fourth-order valence-electron chi connectivity index (χ4n) is 2.98. The van der Waals surface area contributed by atoms with Gasteiger partial charge in [0.2, 0.25) is 0 Å². The second kappa shape index (κ2) is 17.4. The Bertz CT molecular complexity index is 330. The van der Waals surface area contributed by atoms with Gasteiger partial charge >= 0.3 is 0 Å². The van der Waals surface area contributed by atoms with E-state index in [-0.39, 0.29) is 4.70 Å². The number of hydrogen-bond donors (Lipinski definition) is 0. The van der Waals surface area contributed by atoms with Crippen LogP contribution in [0.5, 0.6) is 0 Å². The van der Waals surface area contributed by atoms with Crippen LogP contribution in [0.1, 0.15) is 96.8 Å². The molecular formula is C20H37FN2. The molecule has 134 valence electrons. The van der Waals surface area contributed by atoms with Gasteiger partial charge in [0, 0.05) is 6.07 Å². The average Bonchev–Trinajstić information content (AvgIpc) is 2.56. The van der Waals surface area contributed by atoms with E-state index < -0.39 is 0 Å². The maximum Gasteiger partial charge on any atom is 0.286 e. The highest BCUT2D eigenvalue weighted by atomic mass is 19.0. The third kappa shape index (κ3) is 14.3. The first-order valence-electron chi connectivity index (χ1n) is 9.72. The molecule has 0 aliphatic heterocycles. The fourth-order valence-corrected chi connectivity index (χ4v) is 2.98. The van der Waals surface area contributed by atoms with Crippen LogP contribution in [0.15, 0.2) is 24.8 Å². The van der Waals surface area contributed by atoms with Gasteiger partial charge in [-0.25, -0.2) is 4.57 Å². The number of aryl methyl sites for hydroxylation is 1. The highest BCUT2D eigenvalue weighted by Gasteiger charge is 1.97. The van der Waals surface area contributed by atoms with Crippen molar-refractivity contribution in [2.24, 2.45) is 0 Å². The summed E-state index contributed by atoms with van der Waals surface area (Å²) in [6.07, 6.45) is 25.8. The Morgan fingerprint density at radius 2 is 1.17 bits per heavy atom. The molecule has 2 nitrogen and oxygen atoms in total. The van der Waals surface area contributed by atoms with Crippen molar-refractivity contribution in [2.45, 2.75) is 103 Å². The number of unbranched alkanes of at least 4 members (excludes halogenated alkanes) is 13. The van der Waals surface area contributed by atoms with Crippen molar-refractivity contribution in [2.75, 3.05) is 0 Å². The smallest absolute Gasteiger partial charge is 0.286 e. The van der Waals surface area contributed by atoms with E-state index in [0.29, 0.717) is 0 Å². The first-order chi connectivity index (χ1) is 10.9. The lowest BCUT2D eigenvalue weighted by molar-refractivity contribution is -0.700. The normalized spacial score (nSPS) is 10.5. The van der Waals surface area contributed by atoms with Gasteiger partial charge in [-0.15, -0.1) is 0 Å². The van der Waals surface area contributed by atoms with Gasteiger partial charge in [-0.05, 0) is 12.8 Å². The van der Waals surface area contributed by atoms with Gasteiger partial charge in [0.15, 0.2) is 0 Å². The molecule has 3 heteroatoms. The van der Waals surface area contributed by atoms with E-state index >= 15 is 0 Å². The van der Waals surface area contributed by atoms with Gasteiger partial charge < -0.3 is 4.70 Å². The van der Waals surface area contributed by atoms with Crippen molar-refractivity contribution < 1.29 is 9.27 Å². The SMILES string of the molecule is CCCCCCCCCCCCCCCC[n+]1cccnc1.[F-]. The van der Waals surface area contributed by atoms with E-state index in [4.69, 9.17) is 0 Å². The summed E-state index contributed by atoms with van der Waals surface area (Å²) in [7, 11) is 0. The number of rotatable bonds is 15. The van der Waals surface area contributed by atoms with Gasteiger partial charge in [-0.3, -0.25) is 0 Å². The minimum absolute atomic E-state index is 0. The number of aromatic nitrogens is 2. The summed E-state index contributed by atoms with van der Waals surface area (Å²) in [6, 6.07) is 2.00. The Morgan fingerprint density at radius 1 is 0.696 bits per heavy atom. The van der Waals surface area contributed by atoms with Crippen molar-refractivity contribution in [3.63, 3.8) is 0 Å². The Hall–Kier alpha value is -0.990. The summed E-state index contributed by atoms with van der Waals surface area (Å²) < 4.78 is 2.18. The molecule has 1 heterocycles. The lowest BCUT2D eigenvalue weighted by Crippen LogP contribution is -3.00. The Balaban J connectivity index is 0.00000484. The van der Waals surface area contributed by atoms with Crippen LogP contribution in [0.25, 0.3) is 0 Å². The lowest BCUT2D eigenvalue weighted by atomic mass is 10.0. The van der Waals surface area contributed by atoms with Gasteiger partial charge in [-0.2, -0.15) is 0 Å². The molecule has 0 amide bonds. The largest absolute Gasteiger partial charge is 1.00 e. The monoisotopic (exact) mass is 324 g/mol. The second-order valence-electron chi connectivity index (χ2n) is 6.59. The van der Waals surface area contributed by atoms with E-state index in [1.165, 1.54) is 89.9 Å². The molecule has 23 heavy (non-hydrogen) atoms. The van der Waals surface area contributed by atoms with Gasteiger partial charge in [0.1, 0.15) is 6.20 Å². The van der Waals surface area contributed by atoms with Gasteiger partial charge in [0.25, 0.3) is 6.33 Å². The van der Waals surface area contributed by atoms with Crippen LogP contribution in [0.2, 0.25) is 0 Å². The fraction of sp³-hybridized carbons (Fsp3) is 0.800. The van der Waals surface area contributed by atoms with E-state index in [9.17, 15) is 0 Å². The van der Waals surface area contributed by atoms with Gasteiger partial charge in [0.05, 0.1) is 12.7 Å². The zero-order valence-corrected chi connectivity index (χ0v) is 15.2. The predicted molar refractivity (Wildman–Crippen MR) is 94.7 cm³/mol. The first-order valence-corrected chi connectivity index (χ1v) is 9.72. The maximum atomic E-state index is 4.13. The second-order valence-corrected chi connectivity index (χ2v) is 6.59. The first kappa shape index (κ1) is 22.0. The molecule has 1 aromatic rings. The molecule has 0 saturated heterocycles. The summed E-state index contributed by atoms with van der Waals surface area (Å²) in [6.45, 7) is 3.41. The summed E-state index contributed by atoms with van der Waals surface area (Å²) in [4.78, 5) is 4.13. The summed E-state index contributed by atoms with van der Waals surface area (Å²) >= 11 is 0. The molecule has 0 aromatic carbocycles. The third-order valence-electron chi connectivity index (χ3n) is 4.43. The lowest BCUT2D eigenvalue weighted by Gasteiger charge is -2.03. The molecule has 0 N–H and O–H groups in total. The van der Waals surface area contributed by atoms with Crippen LogP contribution in [0.4, 0.5) is 0 Å². The van der Waals surface area contributed by atoms with Crippen molar-refractivity contribution in [1.82, 2.24) is 4.98 Å². The zero-order chi connectivity index (χ0) is 15.7. The van der Waals surface area contributed by atoms with Crippen molar-refractivity contribution in [3.05, 3.63) is 24.8 Å². The zero-order valence-electron chi connectivity index (χ0n) is 15.2.